The van der Waals surface area contributed by atoms with Gasteiger partial charge in [0.2, 0.25) is 5.88 Å². The van der Waals surface area contributed by atoms with E-state index in [1.54, 1.807) is 11.8 Å². The Hall–Kier alpha value is -3.08. The largest absolute Gasteiger partial charge is 0.481 e. The van der Waals surface area contributed by atoms with E-state index in [0.717, 1.165) is 11.1 Å². The number of carbonyl (C=O) groups is 1. The molecule has 0 saturated carbocycles. The number of nitrogens with zero attached hydrogens (tertiary/aromatic N) is 2. The monoisotopic (exact) mass is 322 g/mol. The lowest BCUT2D eigenvalue weighted by molar-refractivity contribution is 0.0688. The molecular formula is C19H18N2O3. The number of carboxylic acids is 1. The van der Waals surface area contributed by atoms with E-state index in [0.29, 0.717) is 24.4 Å². The number of rotatable bonds is 6. The van der Waals surface area contributed by atoms with Gasteiger partial charge < -0.3 is 9.84 Å². The predicted octanol–water partition coefficient (Wildman–Crippen LogP) is 3.23. The van der Waals surface area contributed by atoms with Gasteiger partial charge in [-0.25, -0.2) is 9.48 Å². The zero-order valence-corrected chi connectivity index (χ0v) is 13.3. The molecule has 0 aliphatic heterocycles. The minimum atomic E-state index is -1.05. The highest BCUT2D eigenvalue weighted by atomic mass is 16.5. The Morgan fingerprint density at radius 3 is 2.17 bits per heavy atom. The van der Waals surface area contributed by atoms with Crippen LogP contribution < -0.4 is 4.74 Å². The molecule has 0 radical (unpaired) electrons. The molecule has 0 bridgehead atoms. The molecule has 0 amide bonds. The summed E-state index contributed by atoms with van der Waals surface area (Å²) < 4.78 is 7.10. The molecule has 1 heterocycles. The molecule has 1 N–H and O–H groups in total. The molecule has 24 heavy (non-hydrogen) atoms. The number of hydrogen-bond donors (Lipinski definition) is 1. The van der Waals surface area contributed by atoms with Crippen LogP contribution in [0.25, 0.3) is 0 Å². The third-order valence-corrected chi connectivity index (χ3v) is 3.79. The maximum absolute atomic E-state index is 11.6. The van der Waals surface area contributed by atoms with Gasteiger partial charge in [-0.1, -0.05) is 60.7 Å². The van der Waals surface area contributed by atoms with E-state index in [2.05, 4.69) is 5.10 Å². The molecule has 1 aromatic heterocycles. The first-order valence-electron chi connectivity index (χ1n) is 7.64. The molecule has 0 unspecified atom stereocenters. The molecule has 0 saturated heterocycles. The highest BCUT2D eigenvalue weighted by molar-refractivity contribution is 5.88. The summed E-state index contributed by atoms with van der Waals surface area (Å²) in [5.74, 6) is -0.564. The van der Waals surface area contributed by atoms with Crippen LogP contribution in [0.2, 0.25) is 0 Å². The minimum Gasteiger partial charge on any atom is -0.481 e. The van der Waals surface area contributed by atoms with E-state index in [1.807, 2.05) is 60.7 Å². The van der Waals surface area contributed by atoms with E-state index >= 15 is 0 Å². The average Bonchev–Trinajstić information content (AvgIpc) is 2.94. The summed E-state index contributed by atoms with van der Waals surface area (Å²) in [6.45, 7) is 0.457. The molecule has 122 valence electrons. The quantitative estimate of drug-likeness (QED) is 0.757. The van der Waals surface area contributed by atoms with Crippen molar-refractivity contribution in [2.75, 3.05) is 7.11 Å². The number of hydrogen-bond acceptors (Lipinski definition) is 3. The average molecular weight is 322 g/mol. The van der Waals surface area contributed by atoms with E-state index in [9.17, 15) is 9.90 Å². The van der Waals surface area contributed by atoms with Gasteiger partial charge in [0.15, 0.2) is 5.69 Å². The molecule has 3 aromatic rings. The molecular weight excluding hydrogens is 304 g/mol. The van der Waals surface area contributed by atoms with Crippen molar-refractivity contribution in [3.63, 3.8) is 0 Å². The Morgan fingerprint density at radius 2 is 1.62 bits per heavy atom. The Balaban J connectivity index is 2.01. The van der Waals surface area contributed by atoms with E-state index < -0.39 is 5.97 Å². The molecule has 2 aromatic carbocycles. The standard InChI is InChI=1S/C19H18N2O3/c1-24-18-16(12-14-8-4-2-5-9-14)17(19(22)23)20-21(18)13-15-10-6-3-7-11-15/h2-11H,12-13H2,1H3,(H,22,23). The predicted molar refractivity (Wildman–Crippen MR) is 90.5 cm³/mol. The smallest absolute Gasteiger partial charge is 0.356 e. The van der Waals surface area contributed by atoms with E-state index in [1.165, 1.54) is 0 Å². The molecule has 0 fully saturated rings. The van der Waals surface area contributed by atoms with Crippen LogP contribution in [0.1, 0.15) is 27.2 Å². The van der Waals surface area contributed by atoms with Crippen LogP contribution in [0.5, 0.6) is 5.88 Å². The van der Waals surface area contributed by atoms with Gasteiger partial charge in [0, 0.05) is 6.42 Å². The number of carboxylic acid groups (broad SMARTS) is 1. The van der Waals surface area contributed by atoms with Crippen molar-refractivity contribution < 1.29 is 14.6 Å². The second kappa shape index (κ2) is 7.00. The summed E-state index contributed by atoms with van der Waals surface area (Å²) >= 11 is 0. The number of ether oxygens (including phenoxy) is 1. The van der Waals surface area contributed by atoms with Gasteiger partial charge in [-0.05, 0) is 11.1 Å². The molecule has 0 aliphatic carbocycles. The van der Waals surface area contributed by atoms with Crippen LogP contribution in [0.15, 0.2) is 60.7 Å². The lowest BCUT2D eigenvalue weighted by Crippen LogP contribution is -2.05. The fourth-order valence-corrected chi connectivity index (χ4v) is 2.71. The SMILES string of the molecule is COc1c(Cc2ccccc2)c(C(=O)O)nn1Cc1ccccc1. The number of benzene rings is 2. The third-order valence-electron chi connectivity index (χ3n) is 3.79. The van der Waals surface area contributed by atoms with Gasteiger partial charge in [0.1, 0.15) is 0 Å². The van der Waals surface area contributed by atoms with Crippen molar-refractivity contribution in [2.45, 2.75) is 13.0 Å². The molecule has 0 atom stereocenters. The molecule has 5 nitrogen and oxygen atoms in total. The summed E-state index contributed by atoms with van der Waals surface area (Å²) in [6, 6.07) is 19.5. The van der Waals surface area contributed by atoms with Crippen LogP contribution in [0, 0.1) is 0 Å². The number of aromatic nitrogens is 2. The second-order valence-electron chi connectivity index (χ2n) is 5.45. The van der Waals surface area contributed by atoms with Crippen molar-refractivity contribution in [3.05, 3.63) is 83.0 Å². The van der Waals surface area contributed by atoms with E-state index in [4.69, 9.17) is 4.74 Å². The van der Waals surface area contributed by atoms with Crippen LogP contribution in [0.4, 0.5) is 0 Å². The highest BCUT2D eigenvalue weighted by Gasteiger charge is 2.23. The summed E-state index contributed by atoms with van der Waals surface area (Å²) in [6.07, 6.45) is 0.459. The Morgan fingerprint density at radius 1 is 1.04 bits per heavy atom. The van der Waals surface area contributed by atoms with Gasteiger partial charge in [-0.15, -0.1) is 0 Å². The highest BCUT2D eigenvalue weighted by Crippen LogP contribution is 2.26. The van der Waals surface area contributed by atoms with Gasteiger partial charge in [0.05, 0.1) is 19.2 Å². The van der Waals surface area contributed by atoms with Gasteiger partial charge in [-0.3, -0.25) is 0 Å². The van der Waals surface area contributed by atoms with Crippen molar-refractivity contribution in [3.8, 4) is 5.88 Å². The maximum atomic E-state index is 11.6. The number of methoxy groups -OCH3 is 1. The summed E-state index contributed by atoms with van der Waals surface area (Å²) in [4.78, 5) is 11.6. The Kier molecular flexibility index (Phi) is 4.61. The first kappa shape index (κ1) is 15.8. The minimum absolute atomic E-state index is 0.0339. The van der Waals surface area contributed by atoms with E-state index in [-0.39, 0.29) is 5.69 Å². The van der Waals surface area contributed by atoms with Crippen molar-refractivity contribution >= 4 is 5.97 Å². The van der Waals surface area contributed by atoms with Gasteiger partial charge in [0.25, 0.3) is 0 Å². The van der Waals surface area contributed by atoms with Crippen LogP contribution >= 0.6 is 0 Å². The third kappa shape index (κ3) is 3.30. The van der Waals surface area contributed by atoms with Crippen molar-refractivity contribution in [2.24, 2.45) is 0 Å². The normalized spacial score (nSPS) is 10.5. The fourth-order valence-electron chi connectivity index (χ4n) is 2.71. The Bertz CT molecular complexity index is 827. The van der Waals surface area contributed by atoms with Crippen molar-refractivity contribution in [1.82, 2.24) is 9.78 Å². The summed E-state index contributed by atoms with van der Waals surface area (Å²) in [5, 5.41) is 13.8. The van der Waals surface area contributed by atoms with Gasteiger partial charge in [-0.2, -0.15) is 5.10 Å². The molecule has 0 spiro atoms. The van der Waals surface area contributed by atoms with Gasteiger partial charge >= 0.3 is 5.97 Å². The lowest BCUT2D eigenvalue weighted by atomic mass is 10.1. The summed E-state index contributed by atoms with van der Waals surface area (Å²) in [5.41, 5.74) is 2.66. The summed E-state index contributed by atoms with van der Waals surface area (Å²) in [7, 11) is 1.54. The molecule has 0 aliphatic rings. The van der Waals surface area contributed by atoms with Crippen molar-refractivity contribution in [1.29, 1.82) is 0 Å². The Labute approximate surface area is 140 Å². The second-order valence-corrected chi connectivity index (χ2v) is 5.45. The first-order valence-corrected chi connectivity index (χ1v) is 7.64. The van der Waals surface area contributed by atoms with Crippen LogP contribution in [-0.4, -0.2) is 28.0 Å². The fraction of sp³-hybridized carbons (Fsp3) is 0.158. The lowest BCUT2D eigenvalue weighted by Gasteiger charge is -2.08. The number of aromatic carboxylic acids is 1. The zero-order valence-electron chi connectivity index (χ0n) is 13.3. The van der Waals surface area contributed by atoms with Crippen LogP contribution in [-0.2, 0) is 13.0 Å². The van der Waals surface area contributed by atoms with Crippen LogP contribution in [0.3, 0.4) is 0 Å². The maximum Gasteiger partial charge on any atom is 0.356 e. The zero-order chi connectivity index (χ0) is 16.9. The topological polar surface area (TPSA) is 64.3 Å². The molecule has 5 heteroatoms. The molecule has 3 rings (SSSR count). The first-order chi connectivity index (χ1) is 11.7.